The predicted octanol–water partition coefficient (Wildman–Crippen LogP) is 2.59. The second-order valence-corrected chi connectivity index (χ2v) is 3.58. The molecule has 3 nitrogen and oxygen atoms in total. The maximum Gasteiger partial charge on any atom is 0.191 e. The largest absolute Gasteiger partial charge is 0.496 e. The summed E-state index contributed by atoms with van der Waals surface area (Å²) in [7, 11) is 4.82. The zero-order chi connectivity index (χ0) is 12.1. The van der Waals surface area contributed by atoms with Gasteiger partial charge in [0.2, 0.25) is 0 Å². The second-order valence-electron chi connectivity index (χ2n) is 3.20. The molecule has 0 saturated heterocycles. The summed E-state index contributed by atoms with van der Waals surface area (Å²) in [4.78, 5) is 0. The van der Waals surface area contributed by atoms with Crippen molar-refractivity contribution in [3.05, 3.63) is 23.3 Å². The van der Waals surface area contributed by atoms with Gasteiger partial charge in [0, 0.05) is 11.1 Å². The first-order valence-corrected chi connectivity index (χ1v) is 5.41. The van der Waals surface area contributed by atoms with Gasteiger partial charge in [-0.05, 0) is 30.8 Å². The monoisotopic (exact) mass is 240 g/mol. The minimum absolute atomic E-state index is 0.430. The topological polar surface area (TPSA) is 27.7 Å². The zero-order valence-corrected chi connectivity index (χ0v) is 10.8. The standard InChI is InChI=1S/C12H16O3S/c1-5-9-10(13-2)6-8(12(16)15-4)7-11(9)14-3/h6-7H,5H2,1-4H3. The number of ether oxygens (including phenoxy) is 3. The van der Waals surface area contributed by atoms with Crippen molar-refractivity contribution < 1.29 is 14.2 Å². The molecule has 0 amide bonds. The van der Waals surface area contributed by atoms with Crippen LogP contribution in [-0.4, -0.2) is 26.4 Å². The fourth-order valence-corrected chi connectivity index (χ4v) is 1.69. The Kier molecular flexibility index (Phi) is 4.55. The first-order valence-electron chi connectivity index (χ1n) is 5.01. The molecule has 1 aromatic rings. The Labute approximate surface area is 101 Å². The van der Waals surface area contributed by atoms with E-state index in [4.69, 9.17) is 26.4 Å². The molecule has 1 rings (SSSR count). The predicted molar refractivity (Wildman–Crippen MR) is 67.6 cm³/mol. The van der Waals surface area contributed by atoms with Crippen molar-refractivity contribution in [3.8, 4) is 11.5 Å². The maximum atomic E-state index is 5.32. The molecular weight excluding hydrogens is 224 g/mol. The lowest BCUT2D eigenvalue weighted by Crippen LogP contribution is -2.03. The third kappa shape index (κ3) is 2.44. The highest BCUT2D eigenvalue weighted by Gasteiger charge is 2.13. The van der Waals surface area contributed by atoms with E-state index in [1.807, 2.05) is 12.1 Å². The summed E-state index contributed by atoms with van der Waals surface area (Å²) in [5.41, 5.74) is 1.83. The molecule has 0 unspecified atom stereocenters. The summed E-state index contributed by atoms with van der Waals surface area (Å²) < 4.78 is 15.7. The van der Waals surface area contributed by atoms with Crippen molar-refractivity contribution in [1.29, 1.82) is 0 Å². The van der Waals surface area contributed by atoms with Crippen molar-refractivity contribution >= 4 is 17.3 Å². The van der Waals surface area contributed by atoms with Crippen LogP contribution in [0.25, 0.3) is 0 Å². The normalized spacial score (nSPS) is 9.75. The van der Waals surface area contributed by atoms with Crippen LogP contribution in [-0.2, 0) is 11.2 Å². The van der Waals surface area contributed by atoms with Gasteiger partial charge in [-0.2, -0.15) is 0 Å². The van der Waals surface area contributed by atoms with E-state index in [1.54, 1.807) is 21.3 Å². The number of benzene rings is 1. The van der Waals surface area contributed by atoms with Crippen LogP contribution in [0.15, 0.2) is 12.1 Å². The fraction of sp³-hybridized carbons (Fsp3) is 0.417. The molecule has 0 aliphatic heterocycles. The molecule has 88 valence electrons. The number of rotatable bonds is 4. The van der Waals surface area contributed by atoms with Gasteiger partial charge in [-0.15, -0.1) is 0 Å². The summed E-state index contributed by atoms with van der Waals surface area (Å²) in [5.74, 6) is 1.55. The van der Waals surface area contributed by atoms with Gasteiger partial charge in [-0.1, -0.05) is 6.92 Å². The summed E-state index contributed by atoms with van der Waals surface area (Å²) in [6.45, 7) is 2.05. The van der Waals surface area contributed by atoms with Crippen molar-refractivity contribution in [2.45, 2.75) is 13.3 Å². The lowest BCUT2D eigenvalue weighted by atomic mass is 10.1. The minimum Gasteiger partial charge on any atom is -0.496 e. The van der Waals surface area contributed by atoms with Crippen LogP contribution in [0.4, 0.5) is 0 Å². The van der Waals surface area contributed by atoms with Gasteiger partial charge in [-0.3, -0.25) is 0 Å². The quantitative estimate of drug-likeness (QED) is 0.756. The molecule has 0 aromatic heterocycles. The highest BCUT2D eigenvalue weighted by molar-refractivity contribution is 7.80. The van der Waals surface area contributed by atoms with Gasteiger partial charge in [0.15, 0.2) is 5.05 Å². The fourth-order valence-electron chi connectivity index (χ4n) is 1.57. The Balaban J connectivity index is 3.31. The number of hydrogen-bond donors (Lipinski definition) is 0. The van der Waals surface area contributed by atoms with Crippen LogP contribution in [0.2, 0.25) is 0 Å². The van der Waals surface area contributed by atoms with Crippen LogP contribution in [0.1, 0.15) is 18.1 Å². The van der Waals surface area contributed by atoms with Crippen LogP contribution in [0.3, 0.4) is 0 Å². The molecule has 0 heterocycles. The summed E-state index contributed by atoms with van der Waals surface area (Å²) in [5, 5.41) is 0.430. The molecule has 0 N–H and O–H groups in total. The average molecular weight is 240 g/mol. The molecule has 16 heavy (non-hydrogen) atoms. The summed E-state index contributed by atoms with van der Waals surface area (Å²) in [6, 6.07) is 3.74. The van der Waals surface area contributed by atoms with E-state index in [0.717, 1.165) is 29.0 Å². The second kappa shape index (κ2) is 5.70. The van der Waals surface area contributed by atoms with E-state index in [2.05, 4.69) is 6.92 Å². The number of methoxy groups -OCH3 is 3. The highest BCUT2D eigenvalue weighted by Crippen LogP contribution is 2.31. The van der Waals surface area contributed by atoms with Crippen molar-refractivity contribution in [3.63, 3.8) is 0 Å². The molecule has 0 bridgehead atoms. The van der Waals surface area contributed by atoms with Crippen LogP contribution in [0, 0.1) is 0 Å². The summed E-state index contributed by atoms with van der Waals surface area (Å²) in [6.07, 6.45) is 0.840. The van der Waals surface area contributed by atoms with Crippen LogP contribution in [0.5, 0.6) is 11.5 Å². The smallest absolute Gasteiger partial charge is 0.191 e. The van der Waals surface area contributed by atoms with Gasteiger partial charge in [-0.25, -0.2) is 0 Å². The van der Waals surface area contributed by atoms with E-state index in [0.29, 0.717) is 5.05 Å². The Morgan fingerprint density at radius 3 is 1.94 bits per heavy atom. The zero-order valence-electron chi connectivity index (χ0n) is 9.99. The molecule has 0 fully saturated rings. The van der Waals surface area contributed by atoms with Crippen molar-refractivity contribution in [1.82, 2.24) is 0 Å². The Bertz CT molecular complexity index is 363. The lowest BCUT2D eigenvalue weighted by molar-refractivity contribution is 0.384. The van der Waals surface area contributed by atoms with Gasteiger partial charge >= 0.3 is 0 Å². The number of thiocarbonyl (C=S) groups is 1. The Morgan fingerprint density at radius 1 is 1.12 bits per heavy atom. The van der Waals surface area contributed by atoms with E-state index in [-0.39, 0.29) is 0 Å². The minimum atomic E-state index is 0.430. The van der Waals surface area contributed by atoms with Gasteiger partial charge in [0.25, 0.3) is 0 Å². The first-order chi connectivity index (χ1) is 7.67. The van der Waals surface area contributed by atoms with E-state index in [1.165, 1.54) is 0 Å². The van der Waals surface area contributed by atoms with Crippen molar-refractivity contribution in [2.75, 3.05) is 21.3 Å². The van der Waals surface area contributed by atoms with Crippen molar-refractivity contribution in [2.24, 2.45) is 0 Å². The summed E-state index contributed by atoms with van der Waals surface area (Å²) >= 11 is 5.08. The maximum absolute atomic E-state index is 5.32. The van der Waals surface area contributed by atoms with E-state index < -0.39 is 0 Å². The lowest BCUT2D eigenvalue weighted by Gasteiger charge is -2.14. The molecule has 0 atom stereocenters. The molecule has 0 radical (unpaired) electrons. The molecule has 0 spiro atoms. The third-order valence-corrected chi connectivity index (χ3v) is 2.78. The molecular formula is C12H16O3S. The Morgan fingerprint density at radius 2 is 1.62 bits per heavy atom. The van der Waals surface area contributed by atoms with E-state index >= 15 is 0 Å². The highest BCUT2D eigenvalue weighted by atomic mass is 32.1. The molecule has 0 saturated carbocycles. The molecule has 0 aliphatic carbocycles. The number of hydrogen-bond acceptors (Lipinski definition) is 4. The van der Waals surface area contributed by atoms with Gasteiger partial charge < -0.3 is 14.2 Å². The van der Waals surface area contributed by atoms with Crippen LogP contribution >= 0.6 is 12.2 Å². The molecule has 0 aliphatic rings. The third-order valence-electron chi connectivity index (χ3n) is 2.38. The van der Waals surface area contributed by atoms with Crippen LogP contribution < -0.4 is 9.47 Å². The average Bonchev–Trinajstić information content (AvgIpc) is 2.35. The molecule has 1 aromatic carbocycles. The van der Waals surface area contributed by atoms with Gasteiger partial charge in [0.05, 0.1) is 21.3 Å². The Hall–Kier alpha value is -1.29. The SMILES string of the molecule is CCc1c(OC)cc(C(=S)OC)cc1OC. The van der Waals surface area contributed by atoms with Gasteiger partial charge in [0.1, 0.15) is 11.5 Å². The molecule has 4 heteroatoms. The van der Waals surface area contributed by atoms with E-state index in [9.17, 15) is 0 Å². The first kappa shape index (κ1) is 12.8.